The van der Waals surface area contributed by atoms with Crippen LogP contribution in [0.25, 0.3) is 10.2 Å². The molecule has 6 nitrogen and oxygen atoms in total. The first-order chi connectivity index (χ1) is 15.5. The molecule has 0 unspecified atom stereocenters. The van der Waals surface area contributed by atoms with Crippen molar-refractivity contribution in [1.29, 1.82) is 0 Å². The lowest BCUT2D eigenvalue weighted by Crippen LogP contribution is -2.40. The number of thiazole rings is 1. The Morgan fingerprint density at radius 1 is 1.12 bits per heavy atom. The van der Waals surface area contributed by atoms with Gasteiger partial charge in [0.15, 0.2) is 6.61 Å². The molecule has 0 atom stereocenters. The zero-order chi connectivity index (χ0) is 22.1. The van der Waals surface area contributed by atoms with Crippen LogP contribution in [0.2, 0.25) is 5.02 Å². The number of carbonyl (C=O) groups is 2. The Hall–Kier alpha value is -2.64. The van der Waals surface area contributed by atoms with Crippen molar-refractivity contribution in [3.05, 3.63) is 52.5 Å². The molecule has 2 aromatic carbocycles. The molecular weight excluding hydrogens is 446 g/mol. The average Bonchev–Trinajstić information content (AvgIpc) is 3.57. The number of benzene rings is 2. The maximum Gasteiger partial charge on any atom is 0.260 e. The molecule has 8 heteroatoms. The molecular formula is C24H24ClN3O3S. The summed E-state index contributed by atoms with van der Waals surface area (Å²) in [6.45, 7) is 1.38. The molecule has 1 aromatic heterocycles. The van der Waals surface area contributed by atoms with Crippen LogP contribution >= 0.6 is 22.9 Å². The number of fused-ring (bicyclic) bond motifs is 1. The summed E-state index contributed by atoms with van der Waals surface area (Å²) in [6, 6.07) is 13.0. The zero-order valence-corrected chi connectivity index (χ0v) is 19.1. The molecule has 5 rings (SSSR count). The van der Waals surface area contributed by atoms with Gasteiger partial charge in [-0.05, 0) is 56.0 Å². The van der Waals surface area contributed by atoms with E-state index >= 15 is 0 Å². The molecule has 1 aliphatic heterocycles. The highest BCUT2D eigenvalue weighted by atomic mass is 35.5. The van der Waals surface area contributed by atoms with E-state index < -0.39 is 0 Å². The summed E-state index contributed by atoms with van der Waals surface area (Å²) in [7, 11) is 0. The monoisotopic (exact) mass is 469 g/mol. The van der Waals surface area contributed by atoms with E-state index in [1.165, 1.54) is 0 Å². The van der Waals surface area contributed by atoms with Gasteiger partial charge in [0.1, 0.15) is 5.75 Å². The number of carbonyl (C=O) groups excluding carboxylic acids is 2. The Bertz CT molecular complexity index is 1150. The molecule has 2 heterocycles. The van der Waals surface area contributed by atoms with E-state index in [1.54, 1.807) is 23.5 Å². The highest BCUT2D eigenvalue weighted by Crippen LogP contribution is 2.35. The van der Waals surface area contributed by atoms with Crippen molar-refractivity contribution in [2.45, 2.75) is 31.6 Å². The van der Waals surface area contributed by atoms with E-state index in [1.807, 2.05) is 35.2 Å². The van der Waals surface area contributed by atoms with Crippen molar-refractivity contribution in [3.8, 4) is 5.75 Å². The van der Waals surface area contributed by atoms with Crippen LogP contribution in [-0.4, -0.2) is 41.4 Å². The summed E-state index contributed by atoms with van der Waals surface area (Å²) in [5.41, 5.74) is 1.64. The molecule has 0 spiro atoms. The molecule has 3 aromatic rings. The van der Waals surface area contributed by atoms with E-state index in [2.05, 4.69) is 5.32 Å². The summed E-state index contributed by atoms with van der Waals surface area (Å²) in [5, 5.41) is 4.72. The lowest BCUT2D eigenvalue weighted by Gasteiger charge is -2.31. The summed E-state index contributed by atoms with van der Waals surface area (Å²) >= 11 is 7.79. The minimum atomic E-state index is -0.0213. The Balaban J connectivity index is 1.12. The van der Waals surface area contributed by atoms with Gasteiger partial charge in [-0.15, -0.1) is 11.3 Å². The molecule has 0 radical (unpaired) electrons. The molecule has 2 aliphatic rings. The van der Waals surface area contributed by atoms with E-state index in [-0.39, 0.29) is 24.3 Å². The minimum Gasteiger partial charge on any atom is -0.484 e. The minimum absolute atomic E-state index is 0.00960. The Morgan fingerprint density at radius 2 is 1.94 bits per heavy atom. The Morgan fingerprint density at radius 3 is 2.72 bits per heavy atom. The number of aromatic nitrogens is 1. The fraction of sp³-hybridized carbons (Fsp3) is 0.375. The lowest BCUT2D eigenvalue weighted by atomic mass is 9.97. The van der Waals surface area contributed by atoms with E-state index in [0.29, 0.717) is 35.5 Å². The van der Waals surface area contributed by atoms with Crippen molar-refractivity contribution in [3.63, 3.8) is 0 Å². The number of anilines is 1. The van der Waals surface area contributed by atoms with Crippen molar-refractivity contribution in [2.24, 2.45) is 5.92 Å². The van der Waals surface area contributed by atoms with Crippen LogP contribution in [0.15, 0.2) is 42.5 Å². The number of likely N-dealkylation sites (tertiary alicyclic amines) is 1. The SMILES string of the molecule is O=C(Nc1cccc(OCC(=O)N2CCC(c3nc4cc(Cl)ccc4s3)CC2)c1)C1CC1. The first-order valence-corrected chi connectivity index (χ1v) is 12.1. The van der Waals surface area contributed by atoms with E-state index in [9.17, 15) is 9.59 Å². The molecule has 1 N–H and O–H groups in total. The van der Waals surface area contributed by atoms with Gasteiger partial charge in [-0.2, -0.15) is 0 Å². The number of hydrogen-bond acceptors (Lipinski definition) is 5. The van der Waals surface area contributed by atoms with Gasteiger partial charge in [-0.1, -0.05) is 17.7 Å². The molecule has 2 amide bonds. The lowest BCUT2D eigenvalue weighted by molar-refractivity contribution is -0.134. The van der Waals surface area contributed by atoms with Crippen molar-refractivity contribution < 1.29 is 14.3 Å². The average molecular weight is 470 g/mol. The molecule has 0 bridgehead atoms. The largest absolute Gasteiger partial charge is 0.484 e. The van der Waals surface area contributed by atoms with E-state index in [4.69, 9.17) is 21.3 Å². The normalized spacial score (nSPS) is 16.8. The van der Waals surface area contributed by atoms with Crippen molar-refractivity contribution in [1.82, 2.24) is 9.88 Å². The number of piperidine rings is 1. The van der Waals surface area contributed by atoms with Crippen LogP contribution < -0.4 is 10.1 Å². The van der Waals surface area contributed by atoms with Gasteiger partial charge in [0.25, 0.3) is 5.91 Å². The van der Waals surface area contributed by atoms with Gasteiger partial charge in [0.05, 0.1) is 15.2 Å². The second-order valence-corrected chi connectivity index (χ2v) is 9.90. The predicted octanol–water partition coefficient (Wildman–Crippen LogP) is 5.08. The Kier molecular flexibility index (Phi) is 6.02. The third-order valence-electron chi connectivity index (χ3n) is 5.98. The fourth-order valence-corrected chi connectivity index (χ4v) is 5.24. The van der Waals surface area contributed by atoms with Gasteiger partial charge >= 0.3 is 0 Å². The van der Waals surface area contributed by atoms with Crippen LogP contribution in [0.5, 0.6) is 5.75 Å². The van der Waals surface area contributed by atoms with Gasteiger partial charge in [0, 0.05) is 41.7 Å². The fourth-order valence-electron chi connectivity index (χ4n) is 3.96. The summed E-state index contributed by atoms with van der Waals surface area (Å²) in [4.78, 5) is 31.2. The molecule has 1 aliphatic carbocycles. The molecule has 32 heavy (non-hydrogen) atoms. The van der Waals surface area contributed by atoms with Gasteiger partial charge < -0.3 is 15.0 Å². The topological polar surface area (TPSA) is 71.5 Å². The maximum absolute atomic E-state index is 12.7. The second kappa shape index (κ2) is 9.08. The van der Waals surface area contributed by atoms with Crippen molar-refractivity contribution in [2.75, 3.05) is 25.0 Å². The van der Waals surface area contributed by atoms with Crippen LogP contribution in [0.3, 0.4) is 0 Å². The number of halogens is 1. The smallest absolute Gasteiger partial charge is 0.260 e. The first kappa shape index (κ1) is 21.2. The number of amides is 2. The maximum atomic E-state index is 12.7. The summed E-state index contributed by atoms with van der Waals surface area (Å²) in [5.74, 6) is 1.12. The quantitative estimate of drug-likeness (QED) is 0.546. The standard InChI is InChI=1S/C24H24ClN3O3S/c25-17-6-7-21-20(12-17)27-24(32-21)16-8-10-28(11-9-16)22(29)14-31-19-3-1-2-18(13-19)26-23(30)15-4-5-15/h1-3,6-7,12-13,15-16H,4-5,8-11,14H2,(H,26,30). The van der Waals surface area contributed by atoms with Gasteiger partial charge in [-0.3, -0.25) is 9.59 Å². The number of nitrogens with one attached hydrogen (secondary N) is 1. The third-order valence-corrected chi connectivity index (χ3v) is 7.41. The van der Waals surface area contributed by atoms with Crippen molar-refractivity contribution >= 4 is 50.7 Å². The number of rotatable bonds is 6. The zero-order valence-electron chi connectivity index (χ0n) is 17.6. The first-order valence-electron chi connectivity index (χ1n) is 10.9. The highest BCUT2D eigenvalue weighted by Gasteiger charge is 2.29. The Labute approximate surface area is 195 Å². The highest BCUT2D eigenvalue weighted by molar-refractivity contribution is 7.18. The number of ether oxygens (including phenoxy) is 1. The second-order valence-electron chi connectivity index (χ2n) is 8.40. The van der Waals surface area contributed by atoms with E-state index in [0.717, 1.165) is 40.9 Å². The van der Waals surface area contributed by atoms with Crippen LogP contribution in [0.4, 0.5) is 5.69 Å². The van der Waals surface area contributed by atoms with Crippen LogP contribution in [0.1, 0.15) is 36.6 Å². The summed E-state index contributed by atoms with van der Waals surface area (Å²) in [6.07, 6.45) is 3.70. The summed E-state index contributed by atoms with van der Waals surface area (Å²) < 4.78 is 6.86. The van der Waals surface area contributed by atoms with Gasteiger partial charge in [-0.25, -0.2) is 4.98 Å². The van der Waals surface area contributed by atoms with Crippen LogP contribution in [0, 0.1) is 5.92 Å². The number of nitrogens with zero attached hydrogens (tertiary/aromatic N) is 2. The van der Waals surface area contributed by atoms with Crippen LogP contribution in [-0.2, 0) is 9.59 Å². The predicted molar refractivity (Wildman–Crippen MR) is 126 cm³/mol. The third kappa shape index (κ3) is 4.89. The van der Waals surface area contributed by atoms with Gasteiger partial charge in [0.2, 0.25) is 5.91 Å². The number of hydrogen-bond donors (Lipinski definition) is 1. The molecule has 1 saturated heterocycles. The molecule has 2 fully saturated rings. The molecule has 166 valence electrons. The molecule has 1 saturated carbocycles.